The molecule has 1 N–H and O–H groups in total. The van der Waals surface area contributed by atoms with Gasteiger partial charge in [0.1, 0.15) is 0 Å². The van der Waals surface area contributed by atoms with Gasteiger partial charge in [0.25, 0.3) is 5.91 Å². The van der Waals surface area contributed by atoms with Crippen LogP contribution in [0.15, 0.2) is 48.5 Å². The first-order valence-corrected chi connectivity index (χ1v) is 14.1. The summed E-state index contributed by atoms with van der Waals surface area (Å²) in [5.41, 5.74) is 4.28. The summed E-state index contributed by atoms with van der Waals surface area (Å²) in [5, 5.41) is 3.24. The summed E-state index contributed by atoms with van der Waals surface area (Å²) in [6.45, 7) is 8.40. The lowest BCUT2D eigenvalue weighted by atomic mass is 9.84. The van der Waals surface area contributed by atoms with Gasteiger partial charge in [-0.2, -0.15) is 0 Å². The van der Waals surface area contributed by atoms with Crippen LogP contribution in [0.1, 0.15) is 65.2 Å². The van der Waals surface area contributed by atoms with E-state index in [2.05, 4.69) is 52.5 Å². The number of aryl methyl sites for hydroxylation is 2. The fraction of sp³-hybridized carbons (Fsp3) is 0.548. The second-order valence-corrected chi connectivity index (χ2v) is 11.4. The molecule has 0 bridgehead atoms. The van der Waals surface area contributed by atoms with Crippen molar-refractivity contribution in [1.82, 2.24) is 20.0 Å². The molecule has 1 saturated carbocycles. The van der Waals surface area contributed by atoms with E-state index < -0.39 is 0 Å². The van der Waals surface area contributed by atoms with Crippen molar-refractivity contribution in [2.24, 2.45) is 5.92 Å². The van der Waals surface area contributed by atoms with Crippen molar-refractivity contribution in [3.05, 3.63) is 70.8 Å². The SMILES string of the molecule is Cc1cccc(C)c1C(=O)N1CCC(N(C)C2CN(C(CNC(=O)C3CCC3)c3ccccc3)C2)CC1. The zero-order valence-corrected chi connectivity index (χ0v) is 22.7. The van der Waals surface area contributed by atoms with Crippen LogP contribution in [0, 0.1) is 19.8 Å². The minimum Gasteiger partial charge on any atom is -0.354 e. The third-order valence-electron chi connectivity index (χ3n) is 9.06. The Morgan fingerprint density at radius 1 is 0.919 bits per heavy atom. The predicted molar refractivity (Wildman–Crippen MR) is 147 cm³/mol. The summed E-state index contributed by atoms with van der Waals surface area (Å²) in [5.74, 6) is 0.629. The number of likely N-dealkylation sites (N-methyl/N-ethyl adjacent to an activating group) is 1. The molecule has 2 aromatic rings. The van der Waals surface area contributed by atoms with Crippen LogP contribution in [0.3, 0.4) is 0 Å². The number of nitrogens with one attached hydrogen (secondary N) is 1. The number of carbonyl (C=O) groups excluding carboxylic acids is 2. The topological polar surface area (TPSA) is 55.9 Å². The Bertz CT molecular complexity index is 1070. The van der Waals surface area contributed by atoms with E-state index in [0.717, 1.165) is 68.6 Å². The smallest absolute Gasteiger partial charge is 0.254 e. The molecule has 3 fully saturated rings. The Morgan fingerprint density at radius 2 is 1.57 bits per heavy atom. The lowest BCUT2D eigenvalue weighted by Crippen LogP contribution is -2.63. The molecular weight excluding hydrogens is 460 g/mol. The van der Waals surface area contributed by atoms with Crippen LogP contribution in [0.5, 0.6) is 0 Å². The second kappa shape index (κ2) is 11.4. The molecule has 2 saturated heterocycles. The van der Waals surface area contributed by atoms with Crippen molar-refractivity contribution in [3.8, 4) is 0 Å². The van der Waals surface area contributed by atoms with Crippen molar-refractivity contribution in [2.45, 2.75) is 64.1 Å². The van der Waals surface area contributed by atoms with Crippen molar-refractivity contribution in [2.75, 3.05) is 39.8 Å². The number of piperidine rings is 1. The van der Waals surface area contributed by atoms with Crippen LogP contribution in [0.25, 0.3) is 0 Å². The van der Waals surface area contributed by atoms with E-state index in [9.17, 15) is 9.59 Å². The standard InChI is InChI=1S/C31H42N4O2/c1-22-9-7-10-23(2)29(22)31(37)34-17-15-26(16-18-34)33(3)27-20-35(21-27)28(24-11-5-4-6-12-24)19-32-30(36)25-13-8-14-25/h4-7,9-12,25-28H,8,13-21H2,1-3H3,(H,32,36). The lowest BCUT2D eigenvalue weighted by Gasteiger charge is -2.51. The second-order valence-electron chi connectivity index (χ2n) is 11.4. The van der Waals surface area contributed by atoms with E-state index in [1.165, 1.54) is 12.0 Å². The van der Waals surface area contributed by atoms with Crippen LogP contribution in [-0.4, -0.2) is 78.4 Å². The van der Waals surface area contributed by atoms with E-state index in [1.807, 2.05) is 36.9 Å². The van der Waals surface area contributed by atoms with Gasteiger partial charge in [0.15, 0.2) is 0 Å². The maximum atomic E-state index is 13.2. The highest BCUT2D eigenvalue weighted by Crippen LogP contribution is 2.31. The molecule has 6 heteroatoms. The fourth-order valence-corrected chi connectivity index (χ4v) is 6.23. The molecule has 2 heterocycles. The third-order valence-corrected chi connectivity index (χ3v) is 9.06. The average molecular weight is 503 g/mol. The summed E-state index contributed by atoms with van der Waals surface area (Å²) in [4.78, 5) is 32.8. The van der Waals surface area contributed by atoms with Gasteiger partial charge < -0.3 is 10.2 Å². The molecule has 3 aliphatic rings. The molecule has 6 nitrogen and oxygen atoms in total. The zero-order valence-electron chi connectivity index (χ0n) is 22.7. The Morgan fingerprint density at radius 3 is 2.16 bits per heavy atom. The van der Waals surface area contributed by atoms with E-state index in [-0.39, 0.29) is 23.8 Å². The summed E-state index contributed by atoms with van der Waals surface area (Å²) >= 11 is 0. The van der Waals surface area contributed by atoms with Crippen molar-refractivity contribution in [1.29, 1.82) is 0 Å². The first kappa shape index (κ1) is 25.9. The van der Waals surface area contributed by atoms with Crippen LogP contribution < -0.4 is 5.32 Å². The quantitative estimate of drug-likeness (QED) is 0.588. The number of carbonyl (C=O) groups is 2. The summed E-state index contributed by atoms with van der Waals surface area (Å²) in [6, 6.07) is 17.9. The van der Waals surface area contributed by atoms with Gasteiger partial charge in [-0.15, -0.1) is 0 Å². The van der Waals surface area contributed by atoms with Gasteiger partial charge in [-0.05, 0) is 63.3 Å². The van der Waals surface area contributed by atoms with Gasteiger partial charge in [-0.3, -0.25) is 19.4 Å². The van der Waals surface area contributed by atoms with Crippen LogP contribution in [0.2, 0.25) is 0 Å². The molecule has 198 valence electrons. The highest BCUT2D eigenvalue weighted by Gasteiger charge is 2.39. The number of hydrogen-bond donors (Lipinski definition) is 1. The minimum absolute atomic E-state index is 0.182. The Balaban J connectivity index is 1.14. The lowest BCUT2D eigenvalue weighted by molar-refractivity contribution is -0.127. The third kappa shape index (κ3) is 5.60. The summed E-state index contributed by atoms with van der Waals surface area (Å²) in [6.07, 6.45) is 5.28. The molecule has 2 aromatic carbocycles. The predicted octanol–water partition coefficient (Wildman–Crippen LogP) is 4.18. The zero-order chi connectivity index (χ0) is 25.9. The van der Waals surface area contributed by atoms with Gasteiger partial charge in [0.05, 0.1) is 6.04 Å². The van der Waals surface area contributed by atoms with E-state index in [1.54, 1.807) is 0 Å². The molecule has 0 radical (unpaired) electrons. The average Bonchev–Trinajstić information content (AvgIpc) is 2.84. The summed E-state index contributed by atoms with van der Waals surface area (Å²) < 4.78 is 0. The van der Waals surface area contributed by atoms with Gasteiger partial charge >= 0.3 is 0 Å². The van der Waals surface area contributed by atoms with Crippen LogP contribution in [0.4, 0.5) is 0 Å². The molecule has 2 amide bonds. The van der Waals surface area contributed by atoms with Crippen molar-refractivity contribution >= 4 is 11.8 Å². The number of benzene rings is 2. The van der Waals surface area contributed by atoms with E-state index in [0.29, 0.717) is 18.6 Å². The molecule has 1 aliphatic carbocycles. The van der Waals surface area contributed by atoms with Crippen LogP contribution in [-0.2, 0) is 4.79 Å². The molecule has 2 aliphatic heterocycles. The molecule has 1 atom stereocenters. The maximum Gasteiger partial charge on any atom is 0.254 e. The van der Waals surface area contributed by atoms with Gasteiger partial charge in [0.2, 0.25) is 5.91 Å². The molecule has 0 spiro atoms. The van der Waals surface area contributed by atoms with Gasteiger partial charge in [-0.25, -0.2) is 0 Å². The maximum absolute atomic E-state index is 13.2. The number of rotatable bonds is 8. The molecule has 0 aromatic heterocycles. The fourth-order valence-electron chi connectivity index (χ4n) is 6.23. The highest BCUT2D eigenvalue weighted by molar-refractivity contribution is 5.97. The number of likely N-dealkylation sites (tertiary alicyclic amines) is 2. The van der Waals surface area contributed by atoms with E-state index in [4.69, 9.17) is 0 Å². The van der Waals surface area contributed by atoms with E-state index >= 15 is 0 Å². The number of nitrogens with zero attached hydrogens (tertiary/aromatic N) is 3. The molecule has 1 unspecified atom stereocenters. The number of amides is 2. The Labute approximate surface area is 222 Å². The van der Waals surface area contributed by atoms with Crippen molar-refractivity contribution in [3.63, 3.8) is 0 Å². The normalized spacial score (nSPS) is 20.4. The van der Waals surface area contributed by atoms with Crippen molar-refractivity contribution < 1.29 is 9.59 Å². The first-order chi connectivity index (χ1) is 17.9. The monoisotopic (exact) mass is 502 g/mol. The van der Waals surface area contributed by atoms with Gasteiger partial charge in [0, 0.05) is 56.3 Å². The highest BCUT2D eigenvalue weighted by atomic mass is 16.2. The summed E-state index contributed by atoms with van der Waals surface area (Å²) in [7, 11) is 2.26. The Hall–Kier alpha value is -2.70. The minimum atomic E-state index is 0.182. The largest absolute Gasteiger partial charge is 0.354 e. The molecular formula is C31H42N4O2. The van der Waals surface area contributed by atoms with Crippen LogP contribution >= 0.6 is 0 Å². The van der Waals surface area contributed by atoms with Gasteiger partial charge in [-0.1, -0.05) is 55.0 Å². The number of hydrogen-bond acceptors (Lipinski definition) is 4. The molecule has 37 heavy (non-hydrogen) atoms. The first-order valence-electron chi connectivity index (χ1n) is 14.1. The molecule has 5 rings (SSSR count). The Kier molecular flexibility index (Phi) is 7.96.